The summed E-state index contributed by atoms with van der Waals surface area (Å²) in [6.07, 6.45) is 0. The van der Waals surface area contributed by atoms with Crippen LogP contribution in [0.1, 0.15) is 10.4 Å². The van der Waals surface area contributed by atoms with Gasteiger partial charge in [-0.25, -0.2) is 4.79 Å². The number of hydrogen-bond acceptors (Lipinski definition) is 7. The van der Waals surface area contributed by atoms with E-state index in [0.717, 1.165) is 36.4 Å². The summed E-state index contributed by atoms with van der Waals surface area (Å²) in [6.45, 7) is -0.746. The van der Waals surface area contributed by atoms with Gasteiger partial charge in [0.25, 0.3) is 5.91 Å². The van der Waals surface area contributed by atoms with Crippen LogP contribution in [-0.2, 0) is 9.53 Å². The molecule has 0 saturated carbocycles. The van der Waals surface area contributed by atoms with Crippen molar-refractivity contribution in [1.82, 2.24) is 0 Å². The molecule has 9 nitrogen and oxygen atoms in total. The summed E-state index contributed by atoms with van der Waals surface area (Å²) in [7, 11) is 0. The molecule has 0 bridgehead atoms. The van der Waals surface area contributed by atoms with E-state index in [4.69, 9.17) is 5.11 Å². The number of hydrogen-bond donors (Lipinski definition) is 3. The SMILES string of the molecule is O=C(COC(=O)c1ccc(O)cc1O)Nc1ccc(F)c([N+](=O)[O-])c1. The summed E-state index contributed by atoms with van der Waals surface area (Å²) in [4.78, 5) is 33.1. The van der Waals surface area contributed by atoms with Gasteiger partial charge in [0.05, 0.1) is 4.92 Å². The minimum Gasteiger partial charge on any atom is -0.508 e. The fourth-order valence-electron chi connectivity index (χ4n) is 1.83. The Kier molecular flexibility index (Phi) is 5.12. The van der Waals surface area contributed by atoms with Crippen LogP contribution in [0.15, 0.2) is 36.4 Å². The zero-order valence-electron chi connectivity index (χ0n) is 12.4. The normalized spacial score (nSPS) is 10.1. The summed E-state index contributed by atoms with van der Waals surface area (Å²) in [5, 5.41) is 31.5. The highest BCUT2D eigenvalue weighted by molar-refractivity contribution is 5.96. The van der Waals surface area contributed by atoms with Gasteiger partial charge in [-0.1, -0.05) is 0 Å². The van der Waals surface area contributed by atoms with E-state index < -0.39 is 40.7 Å². The number of phenols is 2. The fraction of sp³-hybridized carbons (Fsp3) is 0.0667. The monoisotopic (exact) mass is 350 g/mol. The van der Waals surface area contributed by atoms with E-state index in [-0.39, 0.29) is 17.0 Å². The van der Waals surface area contributed by atoms with E-state index in [1.165, 1.54) is 0 Å². The van der Waals surface area contributed by atoms with Crippen molar-refractivity contribution in [3.05, 3.63) is 57.9 Å². The Bertz CT molecular complexity index is 854. The van der Waals surface area contributed by atoms with Crippen molar-refractivity contribution in [3.8, 4) is 11.5 Å². The van der Waals surface area contributed by atoms with Gasteiger partial charge in [-0.15, -0.1) is 0 Å². The maximum atomic E-state index is 13.2. The van der Waals surface area contributed by atoms with Gasteiger partial charge < -0.3 is 20.3 Å². The lowest BCUT2D eigenvalue weighted by Gasteiger charge is -2.08. The summed E-state index contributed by atoms with van der Waals surface area (Å²) >= 11 is 0. The standard InChI is InChI=1S/C15H11FN2O7/c16-11-4-1-8(5-12(11)18(23)24)17-14(21)7-25-15(22)10-3-2-9(19)6-13(10)20/h1-6,19-20H,7H2,(H,17,21). The Morgan fingerprint density at radius 2 is 1.92 bits per heavy atom. The molecule has 0 aliphatic heterocycles. The molecule has 10 heteroatoms. The molecule has 0 saturated heterocycles. The van der Waals surface area contributed by atoms with E-state index in [1.807, 2.05) is 0 Å². The predicted molar refractivity (Wildman–Crippen MR) is 81.7 cm³/mol. The number of esters is 1. The second-order valence-corrected chi connectivity index (χ2v) is 4.75. The summed E-state index contributed by atoms with van der Waals surface area (Å²) in [6, 6.07) is 5.92. The highest BCUT2D eigenvalue weighted by Gasteiger charge is 2.17. The Labute approximate surface area is 139 Å². The highest BCUT2D eigenvalue weighted by atomic mass is 19.1. The second-order valence-electron chi connectivity index (χ2n) is 4.75. The molecule has 0 unspecified atom stereocenters. The number of phenolic OH excluding ortho intramolecular Hbond substituents is 2. The number of nitro benzene ring substituents is 1. The van der Waals surface area contributed by atoms with Crippen molar-refractivity contribution < 1.29 is 33.9 Å². The van der Waals surface area contributed by atoms with E-state index >= 15 is 0 Å². The lowest BCUT2D eigenvalue weighted by Crippen LogP contribution is -2.21. The van der Waals surface area contributed by atoms with Crippen LogP contribution in [0.3, 0.4) is 0 Å². The van der Waals surface area contributed by atoms with Gasteiger partial charge in [0.2, 0.25) is 5.82 Å². The maximum absolute atomic E-state index is 13.2. The van der Waals surface area contributed by atoms with Gasteiger partial charge in [0, 0.05) is 17.8 Å². The van der Waals surface area contributed by atoms with E-state index in [2.05, 4.69) is 10.1 Å². The number of carbonyl (C=O) groups excluding carboxylic acids is 2. The van der Waals surface area contributed by atoms with Crippen LogP contribution < -0.4 is 5.32 Å². The van der Waals surface area contributed by atoms with Crippen LogP contribution >= 0.6 is 0 Å². The van der Waals surface area contributed by atoms with Crippen molar-refractivity contribution in [2.45, 2.75) is 0 Å². The van der Waals surface area contributed by atoms with Gasteiger partial charge in [-0.2, -0.15) is 4.39 Å². The summed E-state index contributed by atoms with van der Waals surface area (Å²) in [5.41, 5.74) is -1.13. The molecule has 0 atom stereocenters. The Morgan fingerprint density at radius 3 is 2.56 bits per heavy atom. The molecule has 2 aromatic carbocycles. The first-order chi connectivity index (χ1) is 11.8. The third kappa shape index (κ3) is 4.41. The molecule has 3 N–H and O–H groups in total. The fourth-order valence-corrected chi connectivity index (χ4v) is 1.83. The molecule has 0 aliphatic carbocycles. The average Bonchev–Trinajstić information content (AvgIpc) is 2.54. The maximum Gasteiger partial charge on any atom is 0.342 e. The van der Waals surface area contributed by atoms with Gasteiger partial charge in [-0.05, 0) is 24.3 Å². The summed E-state index contributed by atoms with van der Waals surface area (Å²) in [5.74, 6) is -3.69. The zero-order chi connectivity index (χ0) is 18.6. The molecular formula is C15H11FN2O7. The number of rotatable bonds is 5. The highest BCUT2D eigenvalue weighted by Crippen LogP contribution is 2.23. The lowest BCUT2D eigenvalue weighted by molar-refractivity contribution is -0.387. The predicted octanol–water partition coefficient (Wildman–Crippen LogP) is 1.94. The number of benzene rings is 2. The first-order valence-corrected chi connectivity index (χ1v) is 6.71. The molecule has 2 rings (SSSR count). The van der Waals surface area contributed by atoms with Gasteiger partial charge in [-0.3, -0.25) is 14.9 Å². The molecule has 25 heavy (non-hydrogen) atoms. The molecule has 0 aromatic heterocycles. The second kappa shape index (κ2) is 7.25. The molecule has 0 heterocycles. The minimum absolute atomic E-state index is 0.0540. The number of amides is 1. The Hall–Kier alpha value is -3.69. The third-order valence-corrected chi connectivity index (χ3v) is 2.96. The van der Waals surface area contributed by atoms with Crippen LogP contribution in [0.4, 0.5) is 15.8 Å². The number of nitro groups is 1. The van der Waals surface area contributed by atoms with Crippen molar-refractivity contribution in [2.24, 2.45) is 0 Å². The zero-order valence-corrected chi connectivity index (χ0v) is 12.4. The van der Waals surface area contributed by atoms with E-state index in [0.29, 0.717) is 0 Å². The molecule has 0 radical (unpaired) electrons. The lowest BCUT2D eigenvalue weighted by atomic mass is 10.2. The third-order valence-electron chi connectivity index (χ3n) is 2.96. The van der Waals surface area contributed by atoms with Gasteiger partial charge in [0.1, 0.15) is 17.1 Å². The van der Waals surface area contributed by atoms with Crippen LogP contribution in [0.5, 0.6) is 11.5 Å². The van der Waals surface area contributed by atoms with E-state index in [9.17, 15) is 29.2 Å². The molecule has 0 aliphatic rings. The number of aromatic hydroxyl groups is 2. The molecule has 2 aromatic rings. The Balaban J connectivity index is 1.98. The number of ether oxygens (including phenoxy) is 1. The van der Waals surface area contributed by atoms with Gasteiger partial charge >= 0.3 is 11.7 Å². The number of halogens is 1. The number of anilines is 1. The molecule has 130 valence electrons. The van der Waals surface area contributed by atoms with Crippen LogP contribution in [-0.4, -0.2) is 33.6 Å². The van der Waals surface area contributed by atoms with Crippen molar-refractivity contribution >= 4 is 23.3 Å². The number of nitrogens with zero attached hydrogens (tertiary/aromatic N) is 1. The molecular weight excluding hydrogens is 339 g/mol. The van der Waals surface area contributed by atoms with Crippen LogP contribution in [0.25, 0.3) is 0 Å². The Morgan fingerprint density at radius 1 is 1.20 bits per heavy atom. The van der Waals surface area contributed by atoms with E-state index in [1.54, 1.807) is 0 Å². The first kappa shape index (κ1) is 17.7. The smallest absolute Gasteiger partial charge is 0.342 e. The molecule has 0 fully saturated rings. The first-order valence-electron chi connectivity index (χ1n) is 6.71. The molecule has 0 spiro atoms. The number of carbonyl (C=O) groups is 2. The quantitative estimate of drug-likeness (QED) is 0.425. The van der Waals surface area contributed by atoms with Crippen molar-refractivity contribution in [1.29, 1.82) is 0 Å². The topological polar surface area (TPSA) is 139 Å². The number of nitrogens with one attached hydrogen (secondary N) is 1. The van der Waals surface area contributed by atoms with Crippen molar-refractivity contribution in [3.63, 3.8) is 0 Å². The van der Waals surface area contributed by atoms with Crippen LogP contribution in [0, 0.1) is 15.9 Å². The average molecular weight is 350 g/mol. The summed E-state index contributed by atoms with van der Waals surface area (Å²) < 4.78 is 17.9. The van der Waals surface area contributed by atoms with Crippen molar-refractivity contribution in [2.75, 3.05) is 11.9 Å². The largest absolute Gasteiger partial charge is 0.508 e. The van der Waals surface area contributed by atoms with Gasteiger partial charge in [0.15, 0.2) is 6.61 Å². The van der Waals surface area contributed by atoms with Crippen LogP contribution in [0.2, 0.25) is 0 Å². The minimum atomic E-state index is -1.06. The molecule has 1 amide bonds.